The molecule has 0 saturated heterocycles. The van der Waals surface area contributed by atoms with Gasteiger partial charge < -0.3 is 9.67 Å². The van der Waals surface area contributed by atoms with Crippen LogP contribution in [0.5, 0.6) is 0 Å². The van der Waals surface area contributed by atoms with E-state index in [2.05, 4.69) is 15.9 Å². The van der Waals surface area contributed by atoms with E-state index in [1.807, 2.05) is 6.07 Å². The number of carboxylic acid groups (broad SMARTS) is 1. The maximum atomic E-state index is 11.5. The number of hydrogen-bond donors (Lipinski definition) is 1. The number of halogens is 1. The van der Waals surface area contributed by atoms with Crippen LogP contribution in [0.1, 0.15) is 16.8 Å². The minimum absolute atomic E-state index is 0.162. The molecule has 0 unspecified atom stereocenters. The van der Waals surface area contributed by atoms with Crippen molar-refractivity contribution >= 4 is 21.9 Å². The van der Waals surface area contributed by atoms with E-state index in [-0.39, 0.29) is 18.5 Å². The van der Waals surface area contributed by atoms with Gasteiger partial charge in [0.15, 0.2) is 0 Å². The summed E-state index contributed by atoms with van der Waals surface area (Å²) in [6, 6.07) is 3.13. The molecule has 15 heavy (non-hydrogen) atoms. The smallest absolute Gasteiger partial charge is 0.341 e. The highest BCUT2D eigenvalue weighted by molar-refractivity contribution is 9.10. The molecule has 6 heteroatoms. The highest BCUT2D eigenvalue weighted by Crippen LogP contribution is 2.09. The molecule has 1 aromatic heterocycles. The largest absolute Gasteiger partial charge is 0.477 e. The molecule has 78 valence electrons. The molecule has 0 aliphatic heterocycles. The predicted molar refractivity (Wildman–Crippen MR) is 55.6 cm³/mol. The number of rotatable bonds is 3. The molecule has 0 aromatic carbocycles. The topological polar surface area (TPSA) is 83.1 Å². The highest BCUT2D eigenvalue weighted by atomic mass is 79.9. The number of aromatic carboxylic acids is 1. The molecular weight excluding hydrogens is 264 g/mol. The van der Waals surface area contributed by atoms with E-state index >= 15 is 0 Å². The number of nitrogens with zero attached hydrogens (tertiary/aromatic N) is 2. The lowest BCUT2D eigenvalue weighted by atomic mass is 10.3. The molecule has 1 N–H and O–H groups in total. The van der Waals surface area contributed by atoms with Crippen LogP contribution < -0.4 is 5.56 Å². The maximum absolute atomic E-state index is 11.5. The van der Waals surface area contributed by atoms with E-state index in [0.29, 0.717) is 4.47 Å². The van der Waals surface area contributed by atoms with Gasteiger partial charge in [0.25, 0.3) is 5.56 Å². The van der Waals surface area contributed by atoms with Gasteiger partial charge in [0, 0.05) is 17.2 Å². The Bertz CT molecular complexity index is 487. The van der Waals surface area contributed by atoms with E-state index < -0.39 is 11.5 Å². The third-order valence-electron chi connectivity index (χ3n) is 1.75. The summed E-state index contributed by atoms with van der Waals surface area (Å²) < 4.78 is 1.70. The molecular formula is C9H7BrN2O3. The molecule has 1 rings (SSSR count). The molecule has 5 nitrogen and oxygen atoms in total. The van der Waals surface area contributed by atoms with Crippen molar-refractivity contribution in [1.82, 2.24) is 4.57 Å². The lowest BCUT2D eigenvalue weighted by Crippen LogP contribution is -2.26. The van der Waals surface area contributed by atoms with Crippen LogP contribution >= 0.6 is 15.9 Å². The molecule has 0 atom stereocenters. The lowest BCUT2D eigenvalue weighted by Gasteiger charge is -2.04. The Labute approximate surface area is 93.7 Å². The molecule has 0 aliphatic carbocycles. The second-order valence-electron chi connectivity index (χ2n) is 2.78. The van der Waals surface area contributed by atoms with Crippen molar-refractivity contribution in [2.75, 3.05) is 0 Å². The number of pyridine rings is 1. The molecule has 1 heterocycles. The molecule has 0 spiro atoms. The highest BCUT2D eigenvalue weighted by Gasteiger charge is 2.11. The molecule has 1 aromatic rings. The molecule has 0 fully saturated rings. The van der Waals surface area contributed by atoms with Gasteiger partial charge in [-0.15, -0.1) is 0 Å². The van der Waals surface area contributed by atoms with Crippen LogP contribution in [0.3, 0.4) is 0 Å². The Morgan fingerprint density at radius 2 is 2.33 bits per heavy atom. The van der Waals surface area contributed by atoms with Crippen LogP contribution in [0.2, 0.25) is 0 Å². The van der Waals surface area contributed by atoms with E-state index in [9.17, 15) is 9.59 Å². The Morgan fingerprint density at radius 3 is 2.87 bits per heavy atom. The van der Waals surface area contributed by atoms with E-state index in [1.54, 1.807) is 0 Å². The van der Waals surface area contributed by atoms with Crippen LogP contribution in [-0.4, -0.2) is 15.6 Å². The van der Waals surface area contributed by atoms with Crippen molar-refractivity contribution in [1.29, 1.82) is 5.26 Å². The van der Waals surface area contributed by atoms with Crippen molar-refractivity contribution in [3.63, 3.8) is 0 Å². The van der Waals surface area contributed by atoms with Crippen LogP contribution in [0, 0.1) is 11.3 Å². The molecule has 0 saturated carbocycles. The third kappa shape index (κ3) is 2.67. The summed E-state index contributed by atoms with van der Waals surface area (Å²) >= 11 is 3.10. The first-order chi connectivity index (χ1) is 7.06. The first kappa shape index (κ1) is 11.5. The predicted octanol–water partition coefficient (Wildman–Crippen LogP) is 1.22. The van der Waals surface area contributed by atoms with Crippen molar-refractivity contribution in [3.8, 4) is 6.07 Å². The summed E-state index contributed by atoms with van der Waals surface area (Å²) in [5.41, 5.74) is -0.900. The summed E-state index contributed by atoms with van der Waals surface area (Å²) in [5.74, 6) is -1.27. The van der Waals surface area contributed by atoms with Crippen molar-refractivity contribution < 1.29 is 9.90 Å². The summed E-state index contributed by atoms with van der Waals surface area (Å²) in [6.45, 7) is 0.190. The Hall–Kier alpha value is -1.61. The van der Waals surface area contributed by atoms with E-state index in [0.717, 1.165) is 0 Å². The standard InChI is InChI=1S/C9H7BrN2O3/c10-6-4-7(9(14)15)8(13)12(5-6)3-1-2-11/h4-5H,1,3H2,(H,14,15). The normalized spacial score (nSPS) is 9.60. The van der Waals surface area contributed by atoms with E-state index in [1.165, 1.54) is 16.8 Å². The Kier molecular flexibility index (Phi) is 3.63. The van der Waals surface area contributed by atoms with Crippen molar-refractivity contribution in [2.24, 2.45) is 0 Å². The van der Waals surface area contributed by atoms with Crippen molar-refractivity contribution in [2.45, 2.75) is 13.0 Å². The van der Waals surface area contributed by atoms with Crippen LogP contribution in [0.25, 0.3) is 0 Å². The van der Waals surface area contributed by atoms with Crippen LogP contribution in [0.15, 0.2) is 21.5 Å². The zero-order valence-electron chi connectivity index (χ0n) is 7.61. The molecule has 0 bridgehead atoms. The molecule has 0 aliphatic rings. The zero-order valence-corrected chi connectivity index (χ0v) is 9.19. The van der Waals surface area contributed by atoms with Gasteiger partial charge in [-0.05, 0) is 22.0 Å². The first-order valence-corrected chi connectivity index (χ1v) is 4.86. The molecule has 0 amide bonds. The SMILES string of the molecule is N#CCCn1cc(Br)cc(C(=O)O)c1=O. The average Bonchev–Trinajstić information content (AvgIpc) is 2.18. The number of nitriles is 1. The first-order valence-electron chi connectivity index (χ1n) is 4.06. The summed E-state index contributed by atoms with van der Waals surface area (Å²) in [7, 11) is 0. The van der Waals surface area contributed by atoms with Crippen LogP contribution in [0.4, 0.5) is 0 Å². The Morgan fingerprint density at radius 1 is 1.67 bits per heavy atom. The summed E-state index contributed by atoms with van der Waals surface area (Å²) in [5, 5.41) is 17.1. The maximum Gasteiger partial charge on any atom is 0.341 e. The van der Waals surface area contributed by atoms with Gasteiger partial charge in [0.1, 0.15) is 5.56 Å². The van der Waals surface area contributed by atoms with Gasteiger partial charge in [-0.1, -0.05) is 0 Å². The zero-order chi connectivity index (χ0) is 11.4. The monoisotopic (exact) mass is 270 g/mol. The fourth-order valence-electron chi connectivity index (χ4n) is 1.09. The van der Waals surface area contributed by atoms with Crippen LogP contribution in [-0.2, 0) is 6.54 Å². The average molecular weight is 271 g/mol. The second kappa shape index (κ2) is 4.75. The molecule has 0 radical (unpaired) electrons. The van der Waals surface area contributed by atoms with Gasteiger partial charge in [-0.3, -0.25) is 4.79 Å². The quantitative estimate of drug-likeness (QED) is 0.895. The fraction of sp³-hybridized carbons (Fsp3) is 0.222. The van der Waals surface area contributed by atoms with Gasteiger partial charge in [0.2, 0.25) is 0 Å². The minimum Gasteiger partial charge on any atom is -0.477 e. The lowest BCUT2D eigenvalue weighted by molar-refractivity contribution is 0.0694. The number of hydrogen-bond acceptors (Lipinski definition) is 3. The van der Waals surface area contributed by atoms with E-state index in [4.69, 9.17) is 10.4 Å². The van der Waals surface area contributed by atoms with Gasteiger partial charge in [0.05, 0.1) is 12.5 Å². The number of carbonyl (C=O) groups is 1. The van der Waals surface area contributed by atoms with Gasteiger partial charge in [-0.25, -0.2) is 4.79 Å². The Balaban J connectivity index is 3.24. The van der Waals surface area contributed by atoms with Gasteiger partial charge in [-0.2, -0.15) is 5.26 Å². The fourth-order valence-corrected chi connectivity index (χ4v) is 1.56. The summed E-state index contributed by atoms with van der Waals surface area (Å²) in [6.07, 6.45) is 1.63. The number of aromatic nitrogens is 1. The summed E-state index contributed by atoms with van der Waals surface area (Å²) in [4.78, 5) is 22.2. The van der Waals surface area contributed by atoms with Crippen molar-refractivity contribution in [3.05, 3.63) is 32.7 Å². The minimum atomic E-state index is -1.27. The number of carboxylic acids is 1. The second-order valence-corrected chi connectivity index (χ2v) is 3.70. The number of aryl methyl sites for hydroxylation is 1. The van der Waals surface area contributed by atoms with Gasteiger partial charge >= 0.3 is 5.97 Å². The third-order valence-corrected chi connectivity index (χ3v) is 2.18.